The van der Waals surface area contributed by atoms with Crippen molar-refractivity contribution in [2.75, 3.05) is 0 Å². The summed E-state index contributed by atoms with van der Waals surface area (Å²) in [4.78, 5) is 10.5. The molecule has 1 nitrogen and oxygen atoms in total. The molecule has 3 radical (unpaired) electrons. The van der Waals surface area contributed by atoms with Gasteiger partial charge in [-0.15, -0.1) is 0 Å². The van der Waals surface area contributed by atoms with E-state index in [9.17, 15) is 4.79 Å². The monoisotopic (exact) mass is 139 g/mol. The quantitative estimate of drug-likeness (QED) is 0.426. The Balaban J connectivity index is 0. The summed E-state index contributed by atoms with van der Waals surface area (Å²) in [5.41, 5.74) is 0. The molecule has 0 aromatic heterocycles. The summed E-state index contributed by atoms with van der Waals surface area (Å²) in [6.45, 7) is 5.43. The zero-order valence-electron chi connectivity index (χ0n) is 5.89. The molecule has 0 spiro atoms. The van der Waals surface area contributed by atoms with Gasteiger partial charge in [0.2, 0.25) is 0 Å². The predicted molar refractivity (Wildman–Crippen MR) is 40.5 cm³/mol. The van der Waals surface area contributed by atoms with E-state index in [0.29, 0.717) is 6.42 Å². The number of rotatable bonds is 4. The maximum absolute atomic E-state index is 10.5. The van der Waals surface area contributed by atoms with Gasteiger partial charge in [0.15, 0.2) is 5.78 Å². The molecule has 0 aliphatic rings. The van der Waals surface area contributed by atoms with E-state index in [2.05, 4.69) is 13.5 Å². The van der Waals surface area contributed by atoms with Gasteiger partial charge < -0.3 is 0 Å². The second-order valence-electron chi connectivity index (χ2n) is 1.77. The van der Waals surface area contributed by atoms with Crippen molar-refractivity contribution in [1.29, 1.82) is 0 Å². The van der Waals surface area contributed by atoms with E-state index in [4.69, 9.17) is 0 Å². The van der Waals surface area contributed by atoms with Crippen molar-refractivity contribution in [2.24, 2.45) is 0 Å². The number of carbonyl (C=O) groups excluding carboxylic acids is 1. The van der Waals surface area contributed by atoms with Crippen molar-refractivity contribution >= 4 is 23.1 Å². The van der Waals surface area contributed by atoms with Gasteiger partial charge in [0.1, 0.15) is 0 Å². The number of allylic oxidation sites excluding steroid dienone is 1. The molecule has 0 fully saturated rings. The van der Waals surface area contributed by atoms with E-state index in [0.717, 1.165) is 12.8 Å². The third-order valence-corrected chi connectivity index (χ3v) is 1.00. The molecule has 0 aromatic rings. The highest BCUT2D eigenvalue weighted by Crippen LogP contribution is 1.94. The summed E-state index contributed by atoms with van der Waals surface area (Å²) in [7, 11) is 0. The molecule has 9 heavy (non-hydrogen) atoms. The van der Waals surface area contributed by atoms with Crippen molar-refractivity contribution in [3.05, 3.63) is 12.7 Å². The van der Waals surface area contributed by atoms with Crippen LogP contribution in [0.3, 0.4) is 0 Å². The van der Waals surface area contributed by atoms with Crippen LogP contribution in [0.1, 0.15) is 26.2 Å². The zero-order valence-corrected chi connectivity index (χ0v) is 7.05. The number of carbonyl (C=O) groups is 1. The zero-order chi connectivity index (χ0) is 6.41. The van der Waals surface area contributed by atoms with E-state index in [1.807, 2.05) is 0 Å². The minimum Gasteiger partial charge on any atom is -0.295 e. The fourth-order valence-corrected chi connectivity index (χ4v) is 0.453. The van der Waals surface area contributed by atoms with Crippen LogP contribution < -0.4 is 0 Å². The molecular formula is C7H12AlO. The van der Waals surface area contributed by atoms with E-state index in [1.165, 1.54) is 6.08 Å². The minimum atomic E-state index is 0. The summed E-state index contributed by atoms with van der Waals surface area (Å²) >= 11 is 0. The number of hydrogen-bond acceptors (Lipinski definition) is 1. The molecule has 0 rings (SSSR count). The molecule has 0 aliphatic heterocycles. The molecule has 0 saturated carbocycles. The smallest absolute Gasteiger partial charge is 0.155 e. The molecule has 0 saturated heterocycles. The lowest BCUT2D eigenvalue weighted by atomic mass is 10.2. The highest BCUT2D eigenvalue weighted by atomic mass is 27.0. The van der Waals surface area contributed by atoms with Crippen molar-refractivity contribution in [2.45, 2.75) is 26.2 Å². The van der Waals surface area contributed by atoms with Gasteiger partial charge in [0.25, 0.3) is 0 Å². The molecule has 0 bridgehead atoms. The van der Waals surface area contributed by atoms with Gasteiger partial charge in [-0.05, 0) is 12.5 Å². The maximum Gasteiger partial charge on any atom is 0.155 e. The lowest BCUT2D eigenvalue weighted by molar-refractivity contribution is -0.114. The largest absolute Gasteiger partial charge is 0.295 e. The van der Waals surface area contributed by atoms with Crippen molar-refractivity contribution in [3.63, 3.8) is 0 Å². The Morgan fingerprint density at radius 2 is 2.22 bits per heavy atom. The number of hydrogen-bond donors (Lipinski definition) is 0. The highest BCUT2D eigenvalue weighted by molar-refractivity contribution is 5.88. The standard InChI is InChI=1S/C7H12O.Al/c1-3-5-6-7(8)4-2;/h4H,2-3,5-6H2,1H3;. The van der Waals surface area contributed by atoms with Crippen molar-refractivity contribution in [3.8, 4) is 0 Å². The van der Waals surface area contributed by atoms with Crippen LogP contribution in [0.2, 0.25) is 0 Å². The lowest BCUT2D eigenvalue weighted by Gasteiger charge is -1.88. The average molecular weight is 139 g/mol. The molecule has 49 valence electrons. The van der Waals surface area contributed by atoms with Gasteiger partial charge in [-0.1, -0.05) is 19.9 Å². The van der Waals surface area contributed by atoms with E-state index in [-0.39, 0.29) is 23.1 Å². The Bertz CT molecular complexity index is 88.9. The fourth-order valence-electron chi connectivity index (χ4n) is 0.453. The maximum atomic E-state index is 10.5. The minimum absolute atomic E-state index is 0. The molecule has 0 aromatic carbocycles. The van der Waals surface area contributed by atoms with Gasteiger partial charge in [0.05, 0.1) is 0 Å². The first-order valence-electron chi connectivity index (χ1n) is 2.96. The van der Waals surface area contributed by atoms with E-state index in [1.54, 1.807) is 0 Å². The average Bonchev–Trinajstić information content (AvgIpc) is 1.83. The lowest BCUT2D eigenvalue weighted by Crippen LogP contribution is -1.89. The molecule has 0 amide bonds. The first-order valence-corrected chi connectivity index (χ1v) is 2.96. The SMILES string of the molecule is C=CC(=O)CCCC.[Al]. The number of unbranched alkanes of at least 4 members (excludes halogenated alkanes) is 1. The van der Waals surface area contributed by atoms with Crippen LogP contribution in [0.4, 0.5) is 0 Å². The Kier molecular flexibility index (Phi) is 10.3. The van der Waals surface area contributed by atoms with Gasteiger partial charge in [-0.3, -0.25) is 4.79 Å². The second-order valence-corrected chi connectivity index (χ2v) is 1.77. The summed E-state index contributed by atoms with van der Waals surface area (Å²) in [6, 6.07) is 0. The molecule has 0 heterocycles. The molecule has 0 unspecified atom stereocenters. The second kappa shape index (κ2) is 7.94. The Hall–Kier alpha value is -0.0575. The van der Waals surface area contributed by atoms with Gasteiger partial charge in [-0.2, -0.15) is 0 Å². The van der Waals surface area contributed by atoms with Gasteiger partial charge in [-0.25, -0.2) is 0 Å². The molecule has 2 heteroatoms. The third-order valence-electron chi connectivity index (χ3n) is 1.00. The Morgan fingerprint density at radius 3 is 2.56 bits per heavy atom. The van der Waals surface area contributed by atoms with E-state index >= 15 is 0 Å². The van der Waals surface area contributed by atoms with Crippen LogP contribution in [-0.2, 0) is 4.79 Å². The van der Waals surface area contributed by atoms with Crippen LogP contribution in [0.5, 0.6) is 0 Å². The molecule has 0 atom stereocenters. The topological polar surface area (TPSA) is 17.1 Å². The van der Waals surface area contributed by atoms with Crippen LogP contribution in [0.15, 0.2) is 12.7 Å². The van der Waals surface area contributed by atoms with Gasteiger partial charge >= 0.3 is 0 Å². The summed E-state index contributed by atoms with van der Waals surface area (Å²) in [5, 5.41) is 0. The van der Waals surface area contributed by atoms with Crippen molar-refractivity contribution < 1.29 is 4.79 Å². The van der Waals surface area contributed by atoms with E-state index < -0.39 is 0 Å². The summed E-state index contributed by atoms with van der Waals surface area (Å²) in [6.07, 6.45) is 4.13. The number of ketones is 1. The molecular weight excluding hydrogens is 127 g/mol. The first-order chi connectivity index (χ1) is 3.81. The summed E-state index contributed by atoms with van der Waals surface area (Å²) < 4.78 is 0. The van der Waals surface area contributed by atoms with Crippen molar-refractivity contribution in [1.82, 2.24) is 0 Å². The van der Waals surface area contributed by atoms with Crippen LogP contribution in [0.25, 0.3) is 0 Å². The summed E-state index contributed by atoms with van der Waals surface area (Å²) in [5.74, 6) is 0.159. The van der Waals surface area contributed by atoms with Crippen LogP contribution in [0, 0.1) is 0 Å². The Labute approximate surface area is 67.3 Å². The van der Waals surface area contributed by atoms with Gasteiger partial charge in [0, 0.05) is 23.8 Å². The third kappa shape index (κ3) is 7.94. The highest BCUT2D eigenvalue weighted by Gasteiger charge is 1.90. The first kappa shape index (κ1) is 11.7. The molecule has 0 aliphatic carbocycles. The molecule has 0 N–H and O–H groups in total. The predicted octanol–water partition coefficient (Wildman–Crippen LogP) is 1.55. The normalized spacial score (nSPS) is 7.67. The Morgan fingerprint density at radius 1 is 1.67 bits per heavy atom. The van der Waals surface area contributed by atoms with Crippen LogP contribution >= 0.6 is 0 Å². The van der Waals surface area contributed by atoms with Crippen LogP contribution in [-0.4, -0.2) is 23.1 Å². The fraction of sp³-hybridized carbons (Fsp3) is 0.571.